The van der Waals surface area contributed by atoms with Crippen molar-refractivity contribution in [2.45, 2.75) is 18.4 Å². The van der Waals surface area contributed by atoms with Crippen LogP contribution in [0.2, 0.25) is 0 Å². The average molecular weight is 430 g/mol. The van der Waals surface area contributed by atoms with E-state index < -0.39 is 10.0 Å². The number of rotatable bonds is 7. The summed E-state index contributed by atoms with van der Waals surface area (Å²) in [6.45, 7) is 2.42. The van der Waals surface area contributed by atoms with E-state index in [9.17, 15) is 8.42 Å². The molecule has 0 unspecified atom stereocenters. The smallest absolute Gasteiger partial charge is 0.261 e. The van der Waals surface area contributed by atoms with Crippen LogP contribution in [-0.2, 0) is 16.6 Å². The second-order valence-corrected chi connectivity index (χ2v) is 8.98. The van der Waals surface area contributed by atoms with Crippen molar-refractivity contribution in [1.82, 2.24) is 0 Å². The molecular formula is C26H23NO3S. The second-order valence-electron chi connectivity index (χ2n) is 7.30. The van der Waals surface area contributed by atoms with E-state index in [1.165, 1.54) is 0 Å². The fraction of sp³-hybridized carbons (Fsp3) is 0.0769. The van der Waals surface area contributed by atoms with Gasteiger partial charge in [-0.1, -0.05) is 72.3 Å². The molecule has 0 aliphatic rings. The monoisotopic (exact) mass is 429 g/mol. The van der Waals surface area contributed by atoms with E-state index in [1.54, 1.807) is 36.4 Å². The van der Waals surface area contributed by atoms with Crippen LogP contribution >= 0.6 is 0 Å². The lowest BCUT2D eigenvalue weighted by molar-refractivity contribution is 0.306. The number of anilines is 1. The van der Waals surface area contributed by atoms with Gasteiger partial charge in [0.25, 0.3) is 10.0 Å². The minimum atomic E-state index is -3.62. The zero-order valence-corrected chi connectivity index (χ0v) is 18.0. The van der Waals surface area contributed by atoms with Gasteiger partial charge in [-0.25, -0.2) is 8.42 Å². The first-order chi connectivity index (χ1) is 15.0. The third-order valence-electron chi connectivity index (χ3n) is 4.88. The summed E-state index contributed by atoms with van der Waals surface area (Å²) in [5.74, 6) is 0.783. The molecule has 0 spiro atoms. The quantitative estimate of drug-likeness (QED) is 0.390. The molecule has 156 valence electrons. The van der Waals surface area contributed by atoms with Gasteiger partial charge in [0, 0.05) is 5.69 Å². The Morgan fingerprint density at radius 2 is 1.45 bits per heavy atom. The Bertz CT molecular complexity index is 1250. The first kappa shape index (κ1) is 20.7. The molecule has 4 rings (SSSR count). The summed E-state index contributed by atoms with van der Waals surface area (Å²) in [4.78, 5) is 0.241. The van der Waals surface area contributed by atoms with Crippen LogP contribution in [0, 0.1) is 6.92 Å². The van der Waals surface area contributed by atoms with Crippen molar-refractivity contribution in [3.63, 3.8) is 0 Å². The zero-order valence-electron chi connectivity index (χ0n) is 17.2. The van der Waals surface area contributed by atoms with E-state index in [0.29, 0.717) is 12.3 Å². The third kappa shape index (κ3) is 5.32. The van der Waals surface area contributed by atoms with E-state index in [-0.39, 0.29) is 4.90 Å². The molecule has 0 radical (unpaired) electrons. The fourth-order valence-electron chi connectivity index (χ4n) is 3.17. The number of ether oxygens (including phenoxy) is 1. The van der Waals surface area contributed by atoms with E-state index >= 15 is 0 Å². The van der Waals surface area contributed by atoms with Crippen molar-refractivity contribution < 1.29 is 13.2 Å². The SMILES string of the molecule is Cc1ccc(S(=O)(=O)Nc2ccc(-c3cccc(OCc4ccccc4)c3)cc2)cc1. The number of nitrogens with one attached hydrogen (secondary N) is 1. The van der Waals surface area contributed by atoms with Crippen LogP contribution in [0.15, 0.2) is 108 Å². The van der Waals surface area contributed by atoms with Crippen molar-refractivity contribution in [1.29, 1.82) is 0 Å². The van der Waals surface area contributed by atoms with Crippen molar-refractivity contribution >= 4 is 15.7 Å². The summed E-state index contributed by atoms with van der Waals surface area (Å²) in [7, 11) is -3.62. The van der Waals surface area contributed by atoms with Crippen LogP contribution in [0.25, 0.3) is 11.1 Å². The molecule has 4 nitrogen and oxygen atoms in total. The van der Waals surface area contributed by atoms with E-state index in [0.717, 1.165) is 28.0 Å². The number of hydrogen-bond acceptors (Lipinski definition) is 3. The zero-order chi connectivity index (χ0) is 21.7. The van der Waals surface area contributed by atoms with Crippen LogP contribution in [0.4, 0.5) is 5.69 Å². The van der Waals surface area contributed by atoms with Gasteiger partial charge in [-0.3, -0.25) is 4.72 Å². The van der Waals surface area contributed by atoms with Gasteiger partial charge in [-0.15, -0.1) is 0 Å². The molecule has 0 aromatic heterocycles. The predicted octanol–water partition coefficient (Wildman–Crippen LogP) is 6.04. The fourth-order valence-corrected chi connectivity index (χ4v) is 4.23. The Hall–Kier alpha value is -3.57. The summed E-state index contributed by atoms with van der Waals surface area (Å²) in [5.41, 5.74) is 4.61. The van der Waals surface area contributed by atoms with Crippen LogP contribution in [0.3, 0.4) is 0 Å². The standard InChI is InChI=1S/C26H23NO3S/c1-20-10-16-26(17-11-20)31(28,29)27-24-14-12-22(13-15-24)23-8-5-9-25(18-23)30-19-21-6-3-2-4-7-21/h2-18,27H,19H2,1H3. The number of benzene rings is 4. The largest absolute Gasteiger partial charge is 0.489 e. The molecule has 0 saturated heterocycles. The normalized spacial score (nSPS) is 11.1. The van der Waals surface area contributed by atoms with Crippen LogP contribution < -0.4 is 9.46 Å². The molecule has 31 heavy (non-hydrogen) atoms. The lowest BCUT2D eigenvalue weighted by Crippen LogP contribution is -2.12. The van der Waals surface area contributed by atoms with Gasteiger partial charge in [0.05, 0.1) is 4.90 Å². The van der Waals surface area contributed by atoms with Gasteiger partial charge in [-0.2, -0.15) is 0 Å². The average Bonchev–Trinajstić information content (AvgIpc) is 2.79. The highest BCUT2D eigenvalue weighted by molar-refractivity contribution is 7.92. The van der Waals surface area contributed by atoms with Crippen molar-refractivity contribution in [3.05, 3.63) is 114 Å². The summed E-state index contributed by atoms with van der Waals surface area (Å²) in [6, 6.07) is 32.0. The van der Waals surface area contributed by atoms with Gasteiger partial charge in [0.1, 0.15) is 12.4 Å². The van der Waals surface area contributed by atoms with Gasteiger partial charge >= 0.3 is 0 Å². The van der Waals surface area contributed by atoms with Gasteiger partial charge in [0.2, 0.25) is 0 Å². The Morgan fingerprint density at radius 1 is 0.742 bits per heavy atom. The molecule has 0 bridgehead atoms. The topological polar surface area (TPSA) is 55.4 Å². The number of aryl methyl sites for hydroxylation is 1. The summed E-state index contributed by atoms with van der Waals surface area (Å²) >= 11 is 0. The van der Waals surface area contributed by atoms with E-state index in [2.05, 4.69) is 4.72 Å². The summed E-state index contributed by atoms with van der Waals surface area (Å²) in [5, 5.41) is 0. The molecule has 4 aromatic rings. The molecule has 0 aliphatic carbocycles. The first-order valence-electron chi connectivity index (χ1n) is 9.96. The minimum Gasteiger partial charge on any atom is -0.489 e. The van der Waals surface area contributed by atoms with Gasteiger partial charge < -0.3 is 4.74 Å². The predicted molar refractivity (Wildman–Crippen MR) is 125 cm³/mol. The molecule has 0 amide bonds. The molecule has 0 atom stereocenters. The van der Waals surface area contributed by atoms with Crippen molar-refractivity contribution in [3.8, 4) is 16.9 Å². The maximum Gasteiger partial charge on any atom is 0.261 e. The summed E-state index contributed by atoms with van der Waals surface area (Å²) in [6.07, 6.45) is 0. The third-order valence-corrected chi connectivity index (χ3v) is 6.28. The lowest BCUT2D eigenvalue weighted by Gasteiger charge is -2.11. The Kier molecular flexibility index (Phi) is 6.05. The molecule has 0 saturated carbocycles. The number of hydrogen-bond donors (Lipinski definition) is 1. The highest BCUT2D eigenvalue weighted by Crippen LogP contribution is 2.26. The van der Waals surface area contributed by atoms with Crippen LogP contribution in [0.5, 0.6) is 5.75 Å². The molecular weight excluding hydrogens is 406 g/mol. The molecule has 0 fully saturated rings. The number of sulfonamides is 1. The van der Waals surface area contributed by atoms with E-state index in [1.807, 2.05) is 73.7 Å². The molecule has 0 aliphatic heterocycles. The minimum absolute atomic E-state index is 0.241. The first-order valence-corrected chi connectivity index (χ1v) is 11.4. The molecule has 4 aromatic carbocycles. The molecule has 1 N–H and O–H groups in total. The Morgan fingerprint density at radius 3 is 2.16 bits per heavy atom. The van der Waals surface area contributed by atoms with Crippen LogP contribution in [-0.4, -0.2) is 8.42 Å². The second kappa shape index (κ2) is 9.06. The van der Waals surface area contributed by atoms with Crippen LogP contribution in [0.1, 0.15) is 11.1 Å². The highest BCUT2D eigenvalue weighted by Gasteiger charge is 2.13. The Labute approximate surface area is 183 Å². The molecule has 5 heteroatoms. The maximum atomic E-state index is 12.6. The van der Waals surface area contributed by atoms with Crippen molar-refractivity contribution in [2.24, 2.45) is 0 Å². The Balaban J connectivity index is 1.46. The highest BCUT2D eigenvalue weighted by atomic mass is 32.2. The summed E-state index contributed by atoms with van der Waals surface area (Å²) < 4.78 is 33.7. The van der Waals surface area contributed by atoms with Crippen molar-refractivity contribution in [2.75, 3.05) is 4.72 Å². The lowest BCUT2D eigenvalue weighted by atomic mass is 10.1. The molecule has 0 heterocycles. The van der Waals surface area contributed by atoms with Gasteiger partial charge in [-0.05, 0) is 60.0 Å². The van der Waals surface area contributed by atoms with Gasteiger partial charge in [0.15, 0.2) is 0 Å². The van der Waals surface area contributed by atoms with E-state index in [4.69, 9.17) is 4.74 Å². The maximum absolute atomic E-state index is 12.6.